The Balaban J connectivity index is 1.42. The Morgan fingerprint density at radius 1 is 1.00 bits per heavy atom. The molecule has 0 aliphatic rings. The van der Waals surface area contributed by atoms with Crippen LogP contribution in [0.1, 0.15) is 23.2 Å². The fraction of sp³-hybridized carbons (Fsp3) is 0.125. The number of para-hydroxylation sites is 1. The maximum atomic E-state index is 12.5. The molecule has 10 heteroatoms. The molecule has 0 saturated carbocycles. The first-order chi connectivity index (χ1) is 16.5. The van der Waals surface area contributed by atoms with E-state index in [2.05, 4.69) is 14.9 Å². The second kappa shape index (κ2) is 10.2. The van der Waals surface area contributed by atoms with Gasteiger partial charge >= 0.3 is 5.97 Å². The van der Waals surface area contributed by atoms with Crippen LogP contribution in [-0.4, -0.2) is 31.1 Å². The summed E-state index contributed by atoms with van der Waals surface area (Å²) in [5.41, 5.74) is 1.05. The van der Waals surface area contributed by atoms with Crippen molar-refractivity contribution in [2.24, 2.45) is 0 Å². The van der Waals surface area contributed by atoms with Crippen molar-refractivity contribution in [2.45, 2.75) is 18.4 Å². The molecule has 9 nitrogen and oxygen atoms in total. The Hall–Kier alpha value is -4.18. The first-order valence-electron chi connectivity index (χ1n) is 10.4. The van der Waals surface area contributed by atoms with E-state index in [4.69, 9.17) is 14.0 Å². The number of rotatable bonds is 9. The number of hydrogen-bond donors (Lipinski definition) is 1. The molecule has 1 aromatic heterocycles. The smallest absolute Gasteiger partial charge is 0.338 e. The van der Waals surface area contributed by atoms with Crippen molar-refractivity contribution in [1.82, 2.24) is 10.1 Å². The molecule has 174 valence electrons. The van der Waals surface area contributed by atoms with Crippen molar-refractivity contribution in [3.05, 3.63) is 90.3 Å². The summed E-state index contributed by atoms with van der Waals surface area (Å²) in [6.07, 6.45) is 0. The Morgan fingerprint density at radius 3 is 2.56 bits per heavy atom. The Bertz CT molecular complexity index is 1390. The molecule has 0 atom stereocenters. The predicted molar refractivity (Wildman–Crippen MR) is 124 cm³/mol. The molecule has 0 bridgehead atoms. The van der Waals surface area contributed by atoms with Gasteiger partial charge in [-0.05, 0) is 49.4 Å². The zero-order valence-corrected chi connectivity index (χ0v) is 19.0. The van der Waals surface area contributed by atoms with Crippen LogP contribution in [0.3, 0.4) is 0 Å². The van der Waals surface area contributed by atoms with Crippen molar-refractivity contribution in [1.29, 1.82) is 0 Å². The summed E-state index contributed by atoms with van der Waals surface area (Å²) < 4.78 is 43.5. The van der Waals surface area contributed by atoms with Gasteiger partial charge in [-0.3, -0.25) is 4.72 Å². The molecule has 1 heterocycles. The predicted octanol–water partition coefficient (Wildman–Crippen LogP) is 4.29. The minimum absolute atomic E-state index is 0.107. The summed E-state index contributed by atoms with van der Waals surface area (Å²) in [6, 6.07) is 21.2. The molecule has 0 radical (unpaired) electrons. The number of carbonyl (C=O) groups excluding carboxylic acids is 1. The summed E-state index contributed by atoms with van der Waals surface area (Å²) in [6.45, 7) is 2.11. The van der Waals surface area contributed by atoms with Crippen molar-refractivity contribution >= 4 is 21.7 Å². The summed E-state index contributed by atoms with van der Waals surface area (Å²) in [5.74, 6) is 0.363. The van der Waals surface area contributed by atoms with Gasteiger partial charge in [0.25, 0.3) is 15.9 Å². The lowest BCUT2D eigenvalue weighted by Crippen LogP contribution is -2.13. The molecule has 0 fully saturated rings. The summed E-state index contributed by atoms with van der Waals surface area (Å²) in [7, 11) is -3.79. The van der Waals surface area contributed by atoms with Crippen LogP contribution in [0.15, 0.2) is 88.3 Å². The topological polar surface area (TPSA) is 121 Å². The lowest BCUT2D eigenvalue weighted by molar-refractivity contribution is 0.0430. The monoisotopic (exact) mass is 479 g/mol. The molecule has 0 aliphatic heterocycles. The molecule has 4 rings (SSSR count). The average molecular weight is 480 g/mol. The highest BCUT2D eigenvalue weighted by Crippen LogP contribution is 2.27. The number of sulfonamides is 1. The van der Waals surface area contributed by atoms with Crippen molar-refractivity contribution < 1.29 is 27.2 Å². The highest BCUT2D eigenvalue weighted by Gasteiger charge is 2.17. The van der Waals surface area contributed by atoms with Crippen LogP contribution < -0.4 is 9.46 Å². The van der Waals surface area contributed by atoms with E-state index >= 15 is 0 Å². The maximum Gasteiger partial charge on any atom is 0.338 e. The minimum atomic E-state index is -3.79. The van der Waals surface area contributed by atoms with Gasteiger partial charge in [-0.1, -0.05) is 41.6 Å². The lowest BCUT2D eigenvalue weighted by atomic mass is 10.2. The SMILES string of the molecule is CCOc1ccccc1-c1noc(COC(=O)c2cccc(NS(=O)(=O)c3ccccc3)c2)n1. The van der Waals surface area contributed by atoms with Crippen molar-refractivity contribution in [3.8, 4) is 17.1 Å². The quantitative estimate of drug-likeness (QED) is 0.353. The number of nitrogens with zero attached hydrogens (tertiary/aromatic N) is 2. The number of benzene rings is 3. The minimum Gasteiger partial charge on any atom is -0.493 e. The van der Waals surface area contributed by atoms with E-state index in [-0.39, 0.29) is 28.6 Å². The van der Waals surface area contributed by atoms with E-state index in [1.165, 1.54) is 30.3 Å². The zero-order valence-electron chi connectivity index (χ0n) is 18.2. The summed E-state index contributed by atoms with van der Waals surface area (Å²) >= 11 is 0. The Labute approximate surface area is 196 Å². The van der Waals surface area contributed by atoms with Crippen molar-refractivity contribution in [2.75, 3.05) is 11.3 Å². The fourth-order valence-corrected chi connectivity index (χ4v) is 4.16. The molecule has 3 aromatic carbocycles. The fourth-order valence-electron chi connectivity index (χ4n) is 3.09. The van der Waals surface area contributed by atoms with E-state index in [0.717, 1.165) is 0 Å². The molecule has 0 saturated heterocycles. The highest BCUT2D eigenvalue weighted by molar-refractivity contribution is 7.92. The van der Waals surface area contributed by atoms with E-state index < -0.39 is 16.0 Å². The molecule has 0 unspecified atom stereocenters. The van der Waals surface area contributed by atoms with Gasteiger partial charge in [0.15, 0.2) is 6.61 Å². The van der Waals surface area contributed by atoms with E-state index in [0.29, 0.717) is 23.7 Å². The highest BCUT2D eigenvalue weighted by atomic mass is 32.2. The van der Waals surface area contributed by atoms with Gasteiger partial charge in [0.2, 0.25) is 5.82 Å². The number of anilines is 1. The van der Waals surface area contributed by atoms with Gasteiger partial charge in [-0.25, -0.2) is 13.2 Å². The van der Waals surface area contributed by atoms with Crippen LogP contribution in [0.2, 0.25) is 0 Å². The number of aromatic nitrogens is 2. The maximum absolute atomic E-state index is 12.5. The van der Waals surface area contributed by atoms with Gasteiger partial charge in [0.05, 0.1) is 22.6 Å². The van der Waals surface area contributed by atoms with E-state index in [1.807, 2.05) is 19.1 Å². The van der Waals surface area contributed by atoms with E-state index in [9.17, 15) is 13.2 Å². The third kappa shape index (κ3) is 5.41. The average Bonchev–Trinajstić information content (AvgIpc) is 3.32. The van der Waals surface area contributed by atoms with Crippen LogP contribution in [-0.2, 0) is 21.4 Å². The molecule has 0 aliphatic carbocycles. The lowest BCUT2D eigenvalue weighted by Gasteiger charge is -2.09. The third-order valence-electron chi connectivity index (χ3n) is 4.63. The first-order valence-corrected chi connectivity index (χ1v) is 11.8. The second-order valence-corrected chi connectivity index (χ2v) is 8.70. The van der Waals surface area contributed by atoms with Crippen LogP contribution in [0.4, 0.5) is 5.69 Å². The first kappa shape index (κ1) is 23.0. The second-order valence-electron chi connectivity index (χ2n) is 7.02. The van der Waals surface area contributed by atoms with Gasteiger partial charge in [0.1, 0.15) is 5.75 Å². The third-order valence-corrected chi connectivity index (χ3v) is 6.02. The van der Waals surface area contributed by atoms with Gasteiger partial charge in [-0.15, -0.1) is 0 Å². The number of esters is 1. The number of nitrogens with one attached hydrogen (secondary N) is 1. The Kier molecular flexibility index (Phi) is 6.88. The number of ether oxygens (including phenoxy) is 2. The Morgan fingerprint density at radius 2 is 1.76 bits per heavy atom. The van der Waals surface area contributed by atoms with Crippen LogP contribution in [0.25, 0.3) is 11.4 Å². The molecule has 1 N–H and O–H groups in total. The van der Waals surface area contributed by atoms with Gasteiger partial charge in [0, 0.05) is 5.69 Å². The summed E-state index contributed by atoms with van der Waals surface area (Å²) in [5, 5.41) is 3.93. The van der Waals surface area contributed by atoms with E-state index in [1.54, 1.807) is 36.4 Å². The number of carbonyl (C=O) groups is 1. The van der Waals surface area contributed by atoms with Crippen LogP contribution in [0, 0.1) is 0 Å². The van der Waals surface area contributed by atoms with Crippen molar-refractivity contribution in [3.63, 3.8) is 0 Å². The molecule has 0 amide bonds. The van der Waals surface area contributed by atoms with Crippen LogP contribution >= 0.6 is 0 Å². The van der Waals surface area contributed by atoms with Gasteiger partial charge in [-0.2, -0.15) is 4.98 Å². The molecular weight excluding hydrogens is 458 g/mol. The molecule has 34 heavy (non-hydrogen) atoms. The molecule has 4 aromatic rings. The number of hydrogen-bond acceptors (Lipinski definition) is 8. The van der Waals surface area contributed by atoms with Crippen LogP contribution in [0.5, 0.6) is 5.75 Å². The standard InChI is InChI=1S/C24H21N3O6S/c1-2-31-21-14-7-6-13-20(21)23-25-22(33-26-23)16-32-24(28)17-9-8-10-18(15-17)27-34(29,30)19-11-4-3-5-12-19/h3-15,27H,2,16H2,1H3. The molecule has 0 spiro atoms. The normalized spacial score (nSPS) is 11.1. The largest absolute Gasteiger partial charge is 0.493 e. The summed E-state index contributed by atoms with van der Waals surface area (Å²) in [4.78, 5) is 16.9. The molecular formula is C24H21N3O6S. The zero-order chi connectivity index (χ0) is 24.0. The van der Waals surface area contributed by atoms with Gasteiger partial charge < -0.3 is 14.0 Å².